The van der Waals surface area contributed by atoms with Crippen molar-refractivity contribution in [3.05, 3.63) is 59.9 Å². The Kier molecular flexibility index (Phi) is 6.37. The number of benzene rings is 1. The average molecular weight is 460 g/mol. The number of likely N-dealkylation sites (N-methyl/N-ethyl adjacent to an activating group) is 1. The smallest absolute Gasteiger partial charge is 0.230 e. The number of hydrogen-bond acceptors (Lipinski definition) is 6. The second kappa shape index (κ2) is 9.58. The van der Waals surface area contributed by atoms with Gasteiger partial charge in [0.25, 0.3) is 0 Å². The maximum atomic E-state index is 13.5. The van der Waals surface area contributed by atoms with E-state index in [2.05, 4.69) is 27.9 Å². The highest BCUT2D eigenvalue weighted by atomic mass is 16.4. The van der Waals surface area contributed by atoms with Crippen molar-refractivity contribution in [3.8, 4) is 11.3 Å². The molecule has 3 aromatic rings. The molecular formula is C27H33N5O2. The minimum absolute atomic E-state index is 0.0463. The van der Waals surface area contributed by atoms with Gasteiger partial charge in [0.2, 0.25) is 5.91 Å². The van der Waals surface area contributed by atoms with Crippen LogP contribution in [0.3, 0.4) is 0 Å². The summed E-state index contributed by atoms with van der Waals surface area (Å²) in [6.07, 6.45) is 4.44. The van der Waals surface area contributed by atoms with Gasteiger partial charge in [0.05, 0.1) is 11.4 Å². The maximum absolute atomic E-state index is 13.5. The minimum Gasteiger partial charge on any atom is -0.446 e. The van der Waals surface area contributed by atoms with Crippen LogP contribution in [0.15, 0.2) is 47.0 Å². The van der Waals surface area contributed by atoms with Crippen LogP contribution in [0.2, 0.25) is 0 Å². The lowest BCUT2D eigenvalue weighted by molar-refractivity contribution is -0.123. The number of amides is 1. The van der Waals surface area contributed by atoms with Crippen molar-refractivity contribution < 1.29 is 9.21 Å². The third kappa shape index (κ3) is 4.57. The van der Waals surface area contributed by atoms with E-state index in [1.54, 1.807) is 0 Å². The molecule has 2 aliphatic rings. The quantitative estimate of drug-likeness (QED) is 0.573. The number of aromatic nitrogens is 2. The van der Waals surface area contributed by atoms with E-state index in [1.807, 2.05) is 55.3 Å². The number of hydrogen-bond donors (Lipinski definition) is 0. The summed E-state index contributed by atoms with van der Waals surface area (Å²) < 4.78 is 5.57. The van der Waals surface area contributed by atoms with Gasteiger partial charge in [-0.1, -0.05) is 12.1 Å². The summed E-state index contributed by atoms with van der Waals surface area (Å²) in [6, 6.07) is 12.3. The molecule has 7 nitrogen and oxygen atoms in total. The van der Waals surface area contributed by atoms with Crippen LogP contribution in [-0.2, 0) is 11.2 Å². The summed E-state index contributed by atoms with van der Waals surface area (Å²) in [5, 5.41) is 0. The lowest BCUT2D eigenvalue weighted by Crippen LogP contribution is -2.45. The Morgan fingerprint density at radius 2 is 1.79 bits per heavy atom. The van der Waals surface area contributed by atoms with Gasteiger partial charge in [-0.15, -0.1) is 0 Å². The Morgan fingerprint density at radius 3 is 2.50 bits per heavy atom. The van der Waals surface area contributed by atoms with E-state index in [9.17, 15) is 4.79 Å². The summed E-state index contributed by atoms with van der Waals surface area (Å²) in [5.74, 6) is 1.62. The first-order valence-electron chi connectivity index (χ1n) is 12.2. The van der Waals surface area contributed by atoms with Crippen molar-refractivity contribution in [1.29, 1.82) is 0 Å². The summed E-state index contributed by atoms with van der Waals surface area (Å²) in [5.41, 5.74) is 5.03. The van der Waals surface area contributed by atoms with Crippen molar-refractivity contribution in [1.82, 2.24) is 14.9 Å². The SMILES string of the molecule is Cc1nc(-c2ccc(N3CCCC(Cc4ncccc4N4CCN(C)CC4)C3=O)cc2)c(C)o1. The largest absolute Gasteiger partial charge is 0.446 e. The molecule has 2 aliphatic heterocycles. The van der Waals surface area contributed by atoms with Gasteiger partial charge in [0, 0.05) is 69.4 Å². The Hall–Kier alpha value is -3.19. The molecule has 5 rings (SSSR count). The van der Waals surface area contributed by atoms with Gasteiger partial charge in [-0.2, -0.15) is 0 Å². The first kappa shape index (κ1) is 22.6. The number of aryl methyl sites for hydroxylation is 2. The molecule has 4 heterocycles. The molecule has 1 aromatic carbocycles. The van der Waals surface area contributed by atoms with Crippen molar-refractivity contribution in [2.24, 2.45) is 5.92 Å². The number of piperidine rings is 1. The number of carbonyl (C=O) groups is 1. The van der Waals surface area contributed by atoms with Crippen LogP contribution in [0, 0.1) is 19.8 Å². The molecule has 0 bridgehead atoms. The molecule has 0 N–H and O–H groups in total. The van der Waals surface area contributed by atoms with Gasteiger partial charge in [-0.3, -0.25) is 9.78 Å². The molecule has 1 amide bonds. The van der Waals surface area contributed by atoms with E-state index in [0.717, 1.165) is 74.0 Å². The third-order valence-corrected chi connectivity index (χ3v) is 7.06. The standard InChI is InChI=1S/C27H33N5O2/c1-19-26(29-20(2)34-19)21-8-10-23(11-9-21)32-13-5-6-22(27(32)33)18-24-25(7-4-12-28-24)31-16-14-30(3)15-17-31/h4,7-12,22H,5-6,13-18H2,1-3H3. The van der Waals surface area contributed by atoms with Crippen LogP contribution in [0.25, 0.3) is 11.3 Å². The molecule has 1 unspecified atom stereocenters. The lowest BCUT2D eigenvalue weighted by Gasteiger charge is -2.36. The predicted octanol–water partition coefficient (Wildman–Crippen LogP) is 4.09. The predicted molar refractivity (Wildman–Crippen MR) is 134 cm³/mol. The van der Waals surface area contributed by atoms with Crippen molar-refractivity contribution in [3.63, 3.8) is 0 Å². The molecular weight excluding hydrogens is 426 g/mol. The Bertz CT molecular complexity index is 1150. The third-order valence-electron chi connectivity index (χ3n) is 7.06. The zero-order valence-corrected chi connectivity index (χ0v) is 20.3. The van der Waals surface area contributed by atoms with Crippen molar-refractivity contribution in [2.45, 2.75) is 33.1 Å². The van der Waals surface area contributed by atoms with Gasteiger partial charge >= 0.3 is 0 Å². The average Bonchev–Trinajstić information content (AvgIpc) is 3.19. The molecule has 0 aliphatic carbocycles. The van der Waals surface area contributed by atoms with Crippen molar-refractivity contribution in [2.75, 3.05) is 49.6 Å². The molecule has 2 saturated heterocycles. The first-order valence-corrected chi connectivity index (χ1v) is 12.2. The normalized spacial score (nSPS) is 19.6. The summed E-state index contributed by atoms with van der Waals surface area (Å²) >= 11 is 0. The lowest BCUT2D eigenvalue weighted by atomic mass is 9.91. The number of rotatable bonds is 5. The van der Waals surface area contributed by atoms with E-state index < -0.39 is 0 Å². The Morgan fingerprint density at radius 1 is 1.03 bits per heavy atom. The van der Waals surface area contributed by atoms with Gasteiger partial charge in [0.15, 0.2) is 5.89 Å². The van der Waals surface area contributed by atoms with Crippen LogP contribution in [0.5, 0.6) is 0 Å². The molecule has 7 heteroatoms. The summed E-state index contributed by atoms with van der Waals surface area (Å²) in [7, 11) is 2.16. The molecule has 0 radical (unpaired) electrons. The Labute approximate surface area is 201 Å². The number of oxazole rings is 1. The molecule has 0 saturated carbocycles. The van der Waals surface area contributed by atoms with Crippen LogP contribution in [0.4, 0.5) is 11.4 Å². The molecule has 34 heavy (non-hydrogen) atoms. The second-order valence-corrected chi connectivity index (χ2v) is 9.48. The van der Waals surface area contributed by atoms with Crippen LogP contribution in [0.1, 0.15) is 30.2 Å². The van der Waals surface area contributed by atoms with E-state index in [-0.39, 0.29) is 11.8 Å². The van der Waals surface area contributed by atoms with Gasteiger partial charge in [-0.05, 0) is 51.1 Å². The van der Waals surface area contributed by atoms with Crippen LogP contribution >= 0.6 is 0 Å². The highest BCUT2D eigenvalue weighted by Gasteiger charge is 2.31. The van der Waals surface area contributed by atoms with E-state index in [4.69, 9.17) is 9.40 Å². The fraction of sp³-hybridized carbons (Fsp3) is 0.444. The Balaban J connectivity index is 1.32. The second-order valence-electron chi connectivity index (χ2n) is 9.48. The van der Waals surface area contributed by atoms with Gasteiger partial charge in [0.1, 0.15) is 11.5 Å². The van der Waals surface area contributed by atoms with Crippen LogP contribution in [-0.4, -0.2) is 60.5 Å². The zero-order chi connectivity index (χ0) is 23.7. The number of pyridine rings is 1. The van der Waals surface area contributed by atoms with Crippen molar-refractivity contribution >= 4 is 17.3 Å². The highest BCUT2D eigenvalue weighted by molar-refractivity contribution is 5.96. The molecule has 2 fully saturated rings. The monoisotopic (exact) mass is 459 g/mol. The molecule has 2 aromatic heterocycles. The number of carbonyl (C=O) groups excluding carboxylic acids is 1. The number of nitrogens with zero attached hydrogens (tertiary/aromatic N) is 5. The summed E-state index contributed by atoms with van der Waals surface area (Å²) in [6.45, 7) is 8.63. The van der Waals surface area contributed by atoms with E-state index in [1.165, 1.54) is 5.69 Å². The molecule has 1 atom stereocenters. The first-order chi connectivity index (χ1) is 16.5. The molecule has 178 valence electrons. The fourth-order valence-corrected chi connectivity index (χ4v) is 5.15. The van der Waals surface area contributed by atoms with Gasteiger partial charge in [-0.25, -0.2) is 4.98 Å². The fourth-order valence-electron chi connectivity index (χ4n) is 5.15. The zero-order valence-electron chi connectivity index (χ0n) is 20.3. The topological polar surface area (TPSA) is 65.7 Å². The number of piperazine rings is 1. The highest BCUT2D eigenvalue weighted by Crippen LogP contribution is 2.31. The summed E-state index contributed by atoms with van der Waals surface area (Å²) in [4.78, 5) is 29.4. The molecule has 0 spiro atoms. The van der Waals surface area contributed by atoms with E-state index in [0.29, 0.717) is 12.3 Å². The number of anilines is 2. The minimum atomic E-state index is -0.0463. The van der Waals surface area contributed by atoms with Gasteiger partial charge < -0.3 is 19.1 Å². The maximum Gasteiger partial charge on any atom is 0.230 e. The van der Waals surface area contributed by atoms with E-state index >= 15 is 0 Å². The van der Waals surface area contributed by atoms with Crippen LogP contribution < -0.4 is 9.80 Å².